The summed E-state index contributed by atoms with van der Waals surface area (Å²) in [7, 11) is 3.97. The first-order valence-corrected chi connectivity index (χ1v) is 8.20. The average Bonchev–Trinajstić information content (AvgIpc) is 2.54. The number of hydrogen-bond acceptors (Lipinski definition) is 2. The van der Waals surface area contributed by atoms with E-state index in [1.54, 1.807) is 0 Å². The summed E-state index contributed by atoms with van der Waals surface area (Å²) >= 11 is 3.28. The van der Waals surface area contributed by atoms with Crippen LogP contribution in [0.1, 0.15) is 15.9 Å². The molecule has 0 fully saturated rings. The van der Waals surface area contributed by atoms with Crippen molar-refractivity contribution in [3.63, 3.8) is 0 Å². The van der Waals surface area contributed by atoms with Crippen molar-refractivity contribution in [2.45, 2.75) is 12.5 Å². The van der Waals surface area contributed by atoms with Gasteiger partial charge in [0.2, 0.25) is 0 Å². The number of nitrogens with one attached hydrogen (secondary N) is 1. The van der Waals surface area contributed by atoms with Crippen molar-refractivity contribution >= 4 is 21.8 Å². The summed E-state index contributed by atoms with van der Waals surface area (Å²) < 4.78 is 13.9. The normalized spacial score (nSPS) is 12.2. The lowest BCUT2D eigenvalue weighted by Gasteiger charge is -2.25. The van der Waals surface area contributed by atoms with Crippen LogP contribution in [0.5, 0.6) is 0 Å². The molecule has 2 aromatic carbocycles. The molecule has 23 heavy (non-hydrogen) atoms. The van der Waals surface area contributed by atoms with Gasteiger partial charge in [-0.3, -0.25) is 4.79 Å². The van der Waals surface area contributed by atoms with Crippen LogP contribution in [-0.4, -0.2) is 37.5 Å². The van der Waals surface area contributed by atoms with Crippen molar-refractivity contribution in [1.82, 2.24) is 10.2 Å². The van der Waals surface area contributed by atoms with Gasteiger partial charge in [-0.1, -0.05) is 30.3 Å². The molecule has 2 rings (SSSR count). The Kier molecular flexibility index (Phi) is 6.30. The quantitative estimate of drug-likeness (QED) is 0.834. The summed E-state index contributed by atoms with van der Waals surface area (Å²) in [6.45, 7) is 0.490. The second-order valence-corrected chi connectivity index (χ2v) is 6.50. The fraction of sp³-hybridized carbons (Fsp3) is 0.278. The minimum absolute atomic E-state index is 0.161. The van der Waals surface area contributed by atoms with Crippen molar-refractivity contribution in [3.05, 3.63) is 69.9 Å². The number of amides is 1. The lowest BCUT2D eigenvalue weighted by Crippen LogP contribution is -2.41. The molecule has 2 aromatic rings. The predicted molar refractivity (Wildman–Crippen MR) is 94.1 cm³/mol. The van der Waals surface area contributed by atoms with E-state index < -0.39 is 5.82 Å². The maximum Gasteiger partial charge on any atom is 0.252 e. The molecule has 1 amide bonds. The van der Waals surface area contributed by atoms with Gasteiger partial charge < -0.3 is 10.2 Å². The van der Waals surface area contributed by atoms with Crippen molar-refractivity contribution in [1.29, 1.82) is 0 Å². The van der Waals surface area contributed by atoms with Crippen LogP contribution in [-0.2, 0) is 6.42 Å². The first-order chi connectivity index (χ1) is 11.0. The molecule has 122 valence electrons. The summed E-state index contributed by atoms with van der Waals surface area (Å²) in [5.41, 5.74) is 1.52. The molecule has 0 aliphatic rings. The van der Waals surface area contributed by atoms with E-state index in [-0.39, 0.29) is 11.9 Å². The molecule has 5 heteroatoms. The van der Waals surface area contributed by atoms with Crippen LogP contribution < -0.4 is 5.32 Å². The molecule has 0 saturated carbocycles. The smallest absolute Gasteiger partial charge is 0.252 e. The molecular weight excluding hydrogens is 359 g/mol. The van der Waals surface area contributed by atoms with E-state index in [1.165, 1.54) is 23.8 Å². The van der Waals surface area contributed by atoms with Gasteiger partial charge in [-0.05, 0) is 60.2 Å². The predicted octanol–water partition coefficient (Wildman–Crippen LogP) is 3.49. The topological polar surface area (TPSA) is 32.3 Å². The number of carbonyl (C=O) groups excluding carboxylic acids is 1. The molecule has 1 unspecified atom stereocenters. The zero-order valence-corrected chi connectivity index (χ0v) is 14.8. The molecular formula is C18H20BrFN2O. The number of halogens is 2. The highest BCUT2D eigenvalue weighted by atomic mass is 79.9. The van der Waals surface area contributed by atoms with Crippen molar-refractivity contribution in [2.75, 3.05) is 20.6 Å². The number of benzene rings is 2. The summed E-state index contributed by atoms with van der Waals surface area (Å²) in [6.07, 6.45) is 0.832. The lowest BCUT2D eigenvalue weighted by atomic mass is 10.0. The van der Waals surface area contributed by atoms with Gasteiger partial charge in [-0.25, -0.2) is 4.39 Å². The number of likely N-dealkylation sites (N-methyl/N-ethyl adjacent to an activating group) is 1. The second-order valence-electron chi connectivity index (χ2n) is 5.64. The number of hydrogen-bond donors (Lipinski definition) is 1. The molecule has 0 bridgehead atoms. The fourth-order valence-electron chi connectivity index (χ4n) is 2.30. The van der Waals surface area contributed by atoms with Crippen LogP contribution in [0.3, 0.4) is 0 Å². The van der Waals surface area contributed by atoms with Gasteiger partial charge in [-0.2, -0.15) is 0 Å². The second kappa shape index (κ2) is 8.22. The Morgan fingerprint density at radius 3 is 2.57 bits per heavy atom. The van der Waals surface area contributed by atoms with Crippen LogP contribution in [0.2, 0.25) is 0 Å². The Hall–Kier alpha value is -1.72. The molecule has 0 spiro atoms. The molecule has 0 aromatic heterocycles. The largest absolute Gasteiger partial charge is 0.350 e. The monoisotopic (exact) mass is 378 g/mol. The summed E-state index contributed by atoms with van der Waals surface area (Å²) in [5, 5.41) is 2.89. The summed E-state index contributed by atoms with van der Waals surface area (Å²) in [6, 6.07) is 14.4. The van der Waals surface area contributed by atoms with Gasteiger partial charge in [0.1, 0.15) is 5.82 Å². The van der Waals surface area contributed by atoms with Crippen molar-refractivity contribution in [2.24, 2.45) is 0 Å². The Morgan fingerprint density at radius 1 is 1.22 bits per heavy atom. The maximum absolute atomic E-state index is 13.3. The van der Waals surface area contributed by atoms with Gasteiger partial charge in [-0.15, -0.1) is 0 Å². The van der Waals surface area contributed by atoms with Gasteiger partial charge in [0.05, 0.1) is 5.56 Å². The van der Waals surface area contributed by atoms with E-state index in [2.05, 4.69) is 38.3 Å². The van der Waals surface area contributed by atoms with Gasteiger partial charge in [0, 0.05) is 17.1 Å². The summed E-state index contributed by atoms with van der Waals surface area (Å²) in [5.74, 6) is -0.705. The van der Waals surface area contributed by atoms with E-state index in [1.807, 2.05) is 32.3 Å². The number of nitrogens with zero attached hydrogens (tertiary/aromatic N) is 1. The molecule has 0 aliphatic carbocycles. The van der Waals surface area contributed by atoms with E-state index in [9.17, 15) is 9.18 Å². The Morgan fingerprint density at radius 2 is 1.91 bits per heavy atom. The Bertz CT molecular complexity index is 661. The third-order valence-corrected chi connectivity index (χ3v) is 4.41. The van der Waals surface area contributed by atoms with Gasteiger partial charge in [0.15, 0.2) is 0 Å². The lowest BCUT2D eigenvalue weighted by molar-refractivity contribution is 0.0940. The van der Waals surface area contributed by atoms with E-state index in [0.29, 0.717) is 16.6 Å². The minimum atomic E-state index is -0.424. The first-order valence-electron chi connectivity index (χ1n) is 7.41. The molecule has 1 atom stereocenters. The standard InChI is InChI=1S/C18H20BrFN2O/c1-22(2)15(10-13-6-4-3-5-7-13)12-21-18(23)16-11-14(20)8-9-17(16)19/h3-9,11,15H,10,12H2,1-2H3,(H,21,23). The van der Waals surface area contributed by atoms with Gasteiger partial charge >= 0.3 is 0 Å². The van der Waals surface area contributed by atoms with Crippen LogP contribution >= 0.6 is 15.9 Å². The molecule has 0 saturated heterocycles. The van der Waals surface area contributed by atoms with Crippen molar-refractivity contribution in [3.8, 4) is 0 Å². The van der Waals surface area contributed by atoms with E-state index >= 15 is 0 Å². The maximum atomic E-state index is 13.3. The molecule has 1 N–H and O–H groups in total. The number of rotatable bonds is 6. The van der Waals surface area contributed by atoms with E-state index in [0.717, 1.165) is 6.42 Å². The molecule has 0 heterocycles. The van der Waals surface area contributed by atoms with Crippen LogP contribution in [0.15, 0.2) is 53.0 Å². The van der Waals surface area contributed by atoms with Crippen LogP contribution in [0.25, 0.3) is 0 Å². The fourth-order valence-corrected chi connectivity index (χ4v) is 2.73. The van der Waals surface area contributed by atoms with Crippen LogP contribution in [0, 0.1) is 5.82 Å². The van der Waals surface area contributed by atoms with Gasteiger partial charge in [0.25, 0.3) is 5.91 Å². The summed E-state index contributed by atoms with van der Waals surface area (Å²) in [4.78, 5) is 14.3. The third-order valence-electron chi connectivity index (χ3n) is 3.72. The zero-order chi connectivity index (χ0) is 16.8. The minimum Gasteiger partial charge on any atom is -0.350 e. The zero-order valence-electron chi connectivity index (χ0n) is 13.2. The van der Waals surface area contributed by atoms with E-state index in [4.69, 9.17) is 0 Å². The molecule has 3 nitrogen and oxygen atoms in total. The third kappa shape index (κ3) is 5.15. The molecule has 0 aliphatic heterocycles. The molecule has 0 radical (unpaired) electrons. The SMILES string of the molecule is CN(C)C(CNC(=O)c1cc(F)ccc1Br)Cc1ccccc1. The Balaban J connectivity index is 2.01. The van der Waals surface area contributed by atoms with Crippen LogP contribution in [0.4, 0.5) is 4.39 Å². The Labute approximate surface area is 144 Å². The van der Waals surface area contributed by atoms with Crippen molar-refractivity contribution < 1.29 is 9.18 Å². The number of carbonyl (C=O) groups is 1. The highest BCUT2D eigenvalue weighted by Gasteiger charge is 2.16. The average molecular weight is 379 g/mol. The highest BCUT2D eigenvalue weighted by molar-refractivity contribution is 9.10. The first kappa shape index (κ1) is 17.6. The highest BCUT2D eigenvalue weighted by Crippen LogP contribution is 2.17.